The summed E-state index contributed by atoms with van der Waals surface area (Å²) >= 11 is 1.77. The third-order valence-electron chi connectivity index (χ3n) is 4.16. The van der Waals surface area contributed by atoms with Crippen LogP contribution in [0.1, 0.15) is 24.3 Å². The summed E-state index contributed by atoms with van der Waals surface area (Å²) < 4.78 is 1.27. The molecule has 0 saturated carbocycles. The van der Waals surface area contributed by atoms with Crippen LogP contribution >= 0.6 is 11.3 Å². The Morgan fingerprint density at radius 3 is 2.90 bits per heavy atom. The minimum Gasteiger partial charge on any atom is -0.480 e. The lowest BCUT2D eigenvalue weighted by atomic mass is 10.0. The SMILES string of the molecule is CC(c1cc2ccccc2s1)N1CCC(N)(C(=O)O)C1. The normalized spacial score (nSPS) is 25.1. The molecule has 1 aliphatic heterocycles. The van der Waals surface area contributed by atoms with Crippen LogP contribution in [0.5, 0.6) is 0 Å². The van der Waals surface area contributed by atoms with Crippen LogP contribution in [0.3, 0.4) is 0 Å². The quantitative estimate of drug-likeness (QED) is 0.911. The molecule has 1 aromatic heterocycles. The van der Waals surface area contributed by atoms with Gasteiger partial charge in [-0.1, -0.05) is 18.2 Å². The first-order chi connectivity index (χ1) is 9.49. The van der Waals surface area contributed by atoms with Crippen LogP contribution in [0.15, 0.2) is 30.3 Å². The summed E-state index contributed by atoms with van der Waals surface area (Å²) in [5.41, 5.74) is 4.85. The van der Waals surface area contributed by atoms with Crippen molar-refractivity contribution in [2.24, 2.45) is 5.73 Å². The number of nitrogens with two attached hydrogens (primary N) is 1. The molecule has 0 amide bonds. The molecule has 1 saturated heterocycles. The van der Waals surface area contributed by atoms with E-state index < -0.39 is 11.5 Å². The fourth-order valence-corrected chi connectivity index (χ4v) is 3.91. The van der Waals surface area contributed by atoms with E-state index >= 15 is 0 Å². The molecular weight excluding hydrogens is 272 g/mol. The molecule has 1 aliphatic rings. The van der Waals surface area contributed by atoms with Crippen molar-refractivity contribution in [3.05, 3.63) is 35.2 Å². The molecule has 3 rings (SSSR count). The number of fused-ring (bicyclic) bond motifs is 1. The molecule has 0 spiro atoms. The van der Waals surface area contributed by atoms with Gasteiger partial charge in [0, 0.05) is 28.7 Å². The Morgan fingerprint density at radius 2 is 2.25 bits per heavy atom. The predicted molar refractivity (Wildman–Crippen MR) is 81.0 cm³/mol. The average molecular weight is 290 g/mol. The van der Waals surface area contributed by atoms with Crippen molar-refractivity contribution in [3.63, 3.8) is 0 Å². The lowest BCUT2D eigenvalue weighted by Gasteiger charge is -2.25. The minimum absolute atomic E-state index is 0.206. The number of hydrogen-bond acceptors (Lipinski definition) is 4. The maximum Gasteiger partial charge on any atom is 0.325 e. The van der Waals surface area contributed by atoms with Gasteiger partial charge in [-0.15, -0.1) is 11.3 Å². The van der Waals surface area contributed by atoms with Crippen LogP contribution in [0.4, 0.5) is 0 Å². The van der Waals surface area contributed by atoms with Crippen molar-refractivity contribution < 1.29 is 9.90 Å². The highest BCUT2D eigenvalue weighted by atomic mass is 32.1. The molecule has 0 bridgehead atoms. The second-order valence-corrected chi connectivity index (χ2v) is 6.66. The summed E-state index contributed by atoms with van der Waals surface area (Å²) in [5, 5.41) is 10.5. The van der Waals surface area contributed by atoms with Gasteiger partial charge in [-0.05, 0) is 30.9 Å². The highest BCUT2D eigenvalue weighted by Gasteiger charge is 2.42. The van der Waals surface area contributed by atoms with E-state index in [9.17, 15) is 9.90 Å². The Hall–Kier alpha value is -1.43. The number of carboxylic acids is 1. The molecule has 1 fully saturated rings. The van der Waals surface area contributed by atoms with Crippen LogP contribution in [0.25, 0.3) is 10.1 Å². The summed E-state index contributed by atoms with van der Waals surface area (Å²) in [6, 6.07) is 10.7. The Bertz CT molecular complexity index is 621. The van der Waals surface area contributed by atoms with E-state index in [2.05, 4.69) is 30.0 Å². The molecule has 4 nitrogen and oxygen atoms in total. The van der Waals surface area contributed by atoms with Crippen molar-refractivity contribution in [1.29, 1.82) is 0 Å². The van der Waals surface area contributed by atoms with Gasteiger partial charge in [0.1, 0.15) is 5.54 Å². The van der Waals surface area contributed by atoms with Gasteiger partial charge in [-0.2, -0.15) is 0 Å². The first-order valence-corrected chi connectivity index (χ1v) is 7.56. The number of aliphatic carboxylic acids is 1. The van der Waals surface area contributed by atoms with E-state index in [1.54, 1.807) is 11.3 Å². The van der Waals surface area contributed by atoms with Gasteiger partial charge >= 0.3 is 5.97 Å². The fraction of sp³-hybridized carbons (Fsp3) is 0.400. The van der Waals surface area contributed by atoms with E-state index in [0.29, 0.717) is 13.0 Å². The maximum atomic E-state index is 11.2. The first-order valence-electron chi connectivity index (χ1n) is 6.74. The number of carbonyl (C=O) groups is 1. The van der Waals surface area contributed by atoms with Gasteiger partial charge < -0.3 is 10.8 Å². The highest BCUT2D eigenvalue weighted by Crippen LogP contribution is 2.35. The van der Waals surface area contributed by atoms with Gasteiger partial charge in [0.05, 0.1) is 0 Å². The number of likely N-dealkylation sites (tertiary alicyclic amines) is 1. The summed E-state index contributed by atoms with van der Waals surface area (Å²) in [6.45, 7) is 3.27. The Labute approximate surface area is 121 Å². The Kier molecular flexibility index (Phi) is 3.28. The Balaban J connectivity index is 1.83. The van der Waals surface area contributed by atoms with Crippen molar-refractivity contribution >= 4 is 27.4 Å². The van der Waals surface area contributed by atoms with Gasteiger partial charge in [0.2, 0.25) is 0 Å². The van der Waals surface area contributed by atoms with Crippen LogP contribution in [-0.4, -0.2) is 34.6 Å². The zero-order chi connectivity index (χ0) is 14.3. The molecule has 2 aromatic rings. The second kappa shape index (κ2) is 4.84. The van der Waals surface area contributed by atoms with E-state index in [0.717, 1.165) is 6.54 Å². The largest absolute Gasteiger partial charge is 0.480 e. The first kappa shape index (κ1) is 13.5. The molecule has 2 unspecified atom stereocenters. The summed E-state index contributed by atoms with van der Waals surface area (Å²) in [6.07, 6.45) is 0.511. The van der Waals surface area contributed by atoms with E-state index in [1.165, 1.54) is 15.0 Å². The molecule has 1 aromatic carbocycles. The highest BCUT2D eigenvalue weighted by molar-refractivity contribution is 7.19. The number of nitrogens with zero attached hydrogens (tertiary/aromatic N) is 1. The summed E-state index contributed by atoms with van der Waals surface area (Å²) in [7, 11) is 0. The van der Waals surface area contributed by atoms with Gasteiger partial charge in [-0.25, -0.2) is 0 Å². The van der Waals surface area contributed by atoms with E-state index in [-0.39, 0.29) is 6.04 Å². The maximum absolute atomic E-state index is 11.2. The standard InChI is InChI=1S/C15H18N2O2S/c1-10(17-7-6-15(16,9-17)14(18)19)13-8-11-4-2-3-5-12(11)20-13/h2-5,8,10H,6-7,9,16H2,1H3,(H,18,19). The molecule has 0 radical (unpaired) electrons. The van der Waals surface area contributed by atoms with Crippen LogP contribution < -0.4 is 5.73 Å². The number of rotatable bonds is 3. The van der Waals surface area contributed by atoms with Crippen molar-refractivity contribution in [2.45, 2.75) is 24.9 Å². The fourth-order valence-electron chi connectivity index (χ4n) is 2.76. The molecular formula is C15H18N2O2S. The van der Waals surface area contributed by atoms with Crippen molar-refractivity contribution in [2.75, 3.05) is 13.1 Å². The van der Waals surface area contributed by atoms with Crippen molar-refractivity contribution in [1.82, 2.24) is 4.90 Å². The van der Waals surface area contributed by atoms with Crippen molar-refractivity contribution in [3.8, 4) is 0 Å². The van der Waals surface area contributed by atoms with E-state index in [4.69, 9.17) is 5.73 Å². The smallest absolute Gasteiger partial charge is 0.325 e. The lowest BCUT2D eigenvalue weighted by molar-refractivity contribution is -0.142. The third kappa shape index (κ3) is 2.22. The van der Waals surface area contributed by atoms with Crippen LogP contribution in [-0.2, 0) is 4.79 Å². The lowest BCUT2D eigenvalue weighted by Crippen LogP contribution is -2.50. The van der Waals surface area contributed by atoms with Gasteiger partial charge in [0.15, 0.2) is 0 Å². The molecule has 0 aliphatic carbocycles. The molecule has 2 heterocycles. The zero-order valence-electron chi connectivity index (χ0n) is 11.4. The molecule has 2 atom stereocenters. The van der Waals surface area contributed by atoms with Gasteiger partial charge in [-0.3, -0.25) is 9.69 Å². The summed E-state index contributed by atoms with van der Waals surface area (Å²) in [4.78, 5) is 14.6. The molecule has 20 heavy (non-hydrogen) atoms. The molecule has 5 heteroatoms. The average Bonchev–Trinajstić information content (AvgIpc) is 3.02. The molecule has 3 N–H and O–H groups in total. The number of hydrogen-bond donors (Lipinski definition) is 2. The number of carboxylic acid groups (broad SMARTS) is 1. The topological polar surface area (TPSA) is 66.6 Å². The Morgan fingerprint density at radius 1 is 1.50 bits per heavy atom. The van der Waals surface area contributed by atoms with E-state index in [1.807, 2.05) is 12.1 Å². The predicted octanol–water partition coefficient (Wildman–Crippen LogP) is 2.45. The number of thiophene rings is 1. The van der Waals surface area contributed by atoms with Crippen LogP contribution in [0.2, 0.25) is 0 Å². The monoisotopic (exact) mass is 290 g/mol. The zero-order valence-corrected chi connectivity index (χ0v) is 12.2. The number of benzene rings is 1. The minimum atomic E-state index is -1.09. The second-order valence-electron chi connectivity index (χ2n) is 5.54. The summed E-state index contributed by atoms with van der Waals surface area (Å²) in [5.74, 6) is -0.899. The molecule has 106 valence electrons. The van der Waals surface area contributed by atoms with Crippen LogP contribution in [0, 0.1) is 0 Å². The van der Waals surface area contributed by atoms with Gasteiger partial charge in [0.25, 0.3) is 0 Å². The third-order valence-corrected chi connectivity index (χ3v) is 5.45.